The van der Waals surface area contributed by atoms with Crippen molar-refractivity contribution >= 4 is 34.3 Å². The van der Waals surface area contributed by atoms with E-state index in [1.54, 1.807) is 25.1 Å². The third-order valence-electron chi connectivity index (χ3n) is 4.02. The van der Waals surface area contributed by atoms with E-state index in [2.05, 4.69) is 5.32 Å². The normalized spacial score (nSPS) is 12.2. The fourth-order valence-electron chi connectivity index (χ4n) is 2.62. The first kappa shape index (κ1) is 17.4. The number of pyridine rings is 1. The average molecular weight is 354 g/mol. The minimum Gasteiger partial charge on any atom is -0.323 e. The van der Waals surface area contributed by atoms with E-state index in [9.17, 15) is 9.18 Å². The van der Waals surface area contributed by atoms with Gasteiger partial charge in [0, 0.05) is 5.39 Å². The highest BCUT2D eigenvalue weighted by molar-refractivity contribution is 8.00. The van der Waals surface area contributed by atoms with Gasteiger partial charge in [-0.15, -0.1) is 0 Å². The van der Waals surface area contributed by atoms with E-state index in [-0.39, 0.29) is 11.6 Å². The molecule has 0 fully saturated rings. The Hall–Kier alpha value is -2.40. The van der Waals surface area contributed by atoms with E-state index in [0.717, 1.165) is 27.1 Å². The largest absolute Gasteiger partial charge is 0.323 e. The number of nitrogens with zero attached hydrogens (tertiary/aromatic N) is 1. The molecule has 0 aliphatic heterocycles. The van der Waals surface area contributed by atoms with Crippen molar-refractivity contribution in [1.82, 2.24) is 4.98 Å². The highest BCUT2D eigenvalue weighted by Gasteiger charge is 2.17. The predicted octanol–water partition coefficient (Wildman–Crippen LogP) is 5.11. The number of benzene rings is 2. The zero-order valence-corrected chi connectivity index (χ0v) is 15.2. The minimum absolute atomic E-state index is 0.193. The van der Waals surface area contributed by atoms with Gasteiger partial charge in [0.15, 0.2) is 0 Å². The Morgan fingerprint density at radius 1 is 1.12 bits per heavy atom. The van der Waals surface area contributed by atoms with Gasteiger partial charge in [0.2, 0.25) is 5.91 Å². The van der Waals surface area contributed by atoms with Crippen molar-refractivity contribution in [3.8, 4) is 0 Å². The molecule has 5 heteroatoms. The topological polar surface area (TPSA) is 42.0 Å². The molecule has 0 unspecified atom stereocenters. The molecular formula is C20H19FN2OS. The van der Waals surface area contributed by atoms with Gasteiger partial charge in [-0.3, -0.25) is 4.79 Å². The van der Waals surface area contributed by atoms with Gasteiger partial charge in [-0.25, -0.2) is 9.37 Å². The number of thioether (sulfide) groups is 1. The smallest absolute Gasteiger partial charge is 0.237 e. The standard InChI is InChI=1S/C20H19FN2OS/c1-12-7-6-8-15-13(2)11-18(23-19(12)15)25-14(3)20(24)22-17-10-5-4-9-16(17)21/h4-11,14H,1-3H3,(H,22,24)/t14-/m0/s1. The van der Waals surface area contributed by atoms with E-state index in [0.29, 0.717) is 0 Å². The lowest BCUT2D eigenvalue weighted by molar-refractivity contribution is -0.115. The molecule has 25 heavy (non-hydrogen) atoms. The van der Waals surface area contributed by atoms with Crippen molar-refractivity contribution in [3.05, 3.63) is 65.5 Å². The van der Waals surface area contributed by atoms with Crippen molar-refractivity contribution in [2.24, 2.45) is 0 Å². The number of nitrogens with one attached hydrogen (secondary N) is 1. The summed E-state index contributed by atoms with van der Waals surface area (Å²) < 4.78 is 13.7. The van der Waals surface area contributed by atoms with E-state index < -0.39 is 11.1 Å². The number of fused-ring (bicyclic) bond motifs is 1. The first-order chi connectivity index (χ1) is 12.0. The lowest BCUT2D eigenvalue weighted by Crippen LogP contribution is -2.23. The van der Waals surface area contributed by atoms with Crippen molar-refractivity contribution < 1.29 is 9.18 Å². The number of hydrogen-bond donors (Lipinski definition) is 1. The van der Waals surface area contributed by atoms with Gasteiger partial charge in [-0.05, 0) is 50.1 Å². The number of halogens is 1. The van der Waals surface area contributed by atoms with E-state index in [1.807, 2.05) is 38.1 Å². The second-order valence-corrected chi connectivity index (χ2v) is 7.34. The molecule has 3 aromatic rings. The molecule has 1 amide bonds. The van der Waals surface area contributed by atoms with Crippen LogP contribution in [0.5, 0.6) is 0 Å². The van der Waals surface area contributed by atoms with Crippen molar-refractivity contribution in [3.63, 3.8) is 0 Å². The fourth-order valence-corrected chi connectivity index (χ4v) is 3.54. The van der Waals surface area contributed by atoms with E-state index in [1.165, 1.54) is 17.8 Å². The van der Waals surface area contributed by atoms with Gasteiger partial charge in [0.25, 0.3) is 0 Å². The summed E-state index contributed by atoms with van der Waals surface area (Å²) in [5.41, 5.74) is 3.37. The Labute approximate surface area is 150 Å². The maximum absolute atomic E-state index is 13.7. The molecule has 0 aliphatic rings. The molecule has 0 aliphatic carbocycles. The predicted molar refractivity (Wildman–Crippen MR) is 102 cm³/mol. The summed E-state index contributed by atoms with van der Waals surface area (Å²) in [4.78, 5) is 17.0. The summed E-state index contributed by atoms with van der Waals surface area (Å²) in [7, 11) is 0. The van der Waals surface area contributed by atoms with Crippen LogP contribution in [0.25, 0.3) is 10.9 Å². The maximum Gasteiger partial charge on any atom is 0.237 e. The maximum atomic E-state index is 13.7. The molecule has 0 saturated heterocycles. The van der Waals surface area contributed by atoms with Gasteiger partial charge < -0.3 is 5.32 Å². The molecule has 3 nitrogen and oxygen atoms in total. The van der Waals surface area contributed by atoms with E-state index >= 15 is 0 Å². The molecule has 0 spiro atoms. The number of para-hydroxylation sites is 2. The number of aromatic nitrogens is 1. The molecule has 0 bridgehead atoms. The Balaban J connectivity index is 1.80. The number of carbonyl (C=O) groups is 1. The van der Waals surface area contributed by atoms with Crippen LogP contribution in [0.2, 0.25) is 0 Å². The number of carbonyl (C=O) groups excluding carboxylic acids is 1. The van der Waals surface area contributed by atoms with Crippen LogP contribution in [0, 0.1) is 19.7 Å². The molecule has 128 valence electrons. The molecule has 1 aromatic heterocycles. The molecule has 3 rings (SSSR count). The number of anilines is 1. The molecule has 1 N–H and O–H groups in total. The molecule has 2 aromatic carbocycles. The van der Waals surface area contributed by atoms with Crippen LogP contribution in [0.15, 0.2) is 53.6 Å². The van der Waals surface area contributed by atoms with Crippen LogP contribution in [0.3, 0.4) is 0 Å². The second-order valence-electron chi connectivity index (χ2n) is 5.98. The number of rotatable bonds is 4. The molecular weight excluding hydrogens is 335 g/mol. The molecule has 0 radical (unpaired) electrons. The van der Waals surface area contributed by atoms with Gasteiger partial charge >= 0.3 is 0 Å². The van der Waals surface area contributed by atoms with Crippen LogP contribution in [-0.4, -0.2) is 16.1 Å². The zero-order valence-electron chi connectivity index (χ0n) is 14.3. The first-order valence-electron chi connectivity index (χ1n) is 8.04. The SMILES string of the molecule is Cc1cc(S[C@@H](C)C(=O)Nc2ccccc2F)nc2c(C)cccc12. The summed E-state index contributed by atoms with van der Waals surface area (Å²) in [5.74, 6) is -0.692. The van der Waals surface area contributed by atoms with Crippen molar-refractivity contribution in [2.75, 3.05) is 5.32 Å². The third kappa shape index (κ3) is 3.82. The van der Waals surface area contributed by atoms with Crippen LogP contribution in [0.1, 0.15) is 18.1 Å². The zero-order chi connectivity index (χ0) is 18.0. The number of aryl methyl sites for hydroxylation is 2. The molecule has 1 heterocycles. The lowest BCUT2D eigenvalue weighted by Gasteiger charge is -2.13. The number of hydrogen-bond acceptors (Lipinski definition) is 3. The highest BCUT2D eigenvalue weighted by atomic mass is 32.2. The molecule has 0 saturated carbocycles. The van der Waals surface area contributed by atoms with Crippen molar-refractivity contribution in [2.45, 2.75) is 31.0 Å². The van der Waals surface area contributed by atoms with Crippen LogP contribution in [0.4, 0.5) is 10.1 Å². The van der Waals surface area contributed by atoms with Crippen LogP contribution < -0.4 is 5.32 Å². The Bertz CT molecular complexity index is 942. The second kappa shape index (κ2) is 7.23. The summed E-state index contributed by atoms with van der Waals surface area (Å²) in [6, 6.07) is 14.2. The molecule has 1 atom stereocenters. The summed E-state index contributed by atoms with van der Waals surface area (Å²) in [6.45, 7) is 5.86. The van der Waals surface area contributed by atoms with Gasteiger partial charge in [0.05, 0.1) is 21.5 Å². The highest BCUT2D eigenvalue weighted by Crippen LogP contribution is 2.28. The average Bonchev–Trinajstić information content (AvgIpc) is 2.58. The lowest BCUT2D eigenvalue weighted by atomic mass is 10.1. The van der Waals surface area contributed by atoms with Gasteiger partial charge in [-0.1, -0.05) is 42.1 Å². The van der Waals surface area contributed by atoms with Gasteiger partial charge in [-0.2, -0.15) is 0 Å². The number of amides is 1. The monoisotopic (exact) mass is 354 g/mol. The summed E-state index contributed by atoms with van der Waals surface area (Å²) >= 11 is 1.37. The minimum atomic E-state index is -0.441. The Kier molecular flexibility index (Phi) is 5.04. The summed E-state index contributed by atoms with van der Waals surface area (Å²) in [5, 5.41) is 4.14. The van der Waals surface area contributed by atoms with Crippen LogP contribution in [-0.2, 0) is 4.79 Å². The Morgan fingerprint density at radius 2 is 1.88 bits per heavy atom. The fraction of sp³-hybridized carbons (Fsp3) is 0.200. The van der Waals surface area contributed by atoms with Gasteiger partial charge in [0.1, 0.15) is 5.82 Å². The quantitative estimate of drug-likeness (QED) is 0.662. The van der Waals surface area contributed by atoms with E-state index in [4.69, 9.17) is 4.98 Å². The Morgan fingerprint density at radius 3 is 2.64 bits per heavy atom. The summed E-state index contributed by atoms with van der Waals surface area (Å²) in [6.07, 6.45) is 0. The first-order valence-corrected chi connectivity index (χ1v) is 8.92. The van der Waals surface area contributed by atoms with Crippen LogP contribution >= 0.6 is 11.8 Å². The third-order valence-corrected chi connectivity index (χ3v) is 5.04. The van der Waals surface area contributed by atoms with Crippen molar-refractivity contribution in [1.29, 1.82) is 0 Å².